The second-order valence-corrected chi connectivity index (χ2v) is 4.69. The quantitative estimate of drug-likeness (QED) is 0.819. The normalized spacial score (nSPS) is 10.8. The highest BCUT2D eigenvalue weighted by Crippen LogP contribution is 2.25. The van der Waals surface area contributed by atoms with E-state index in [1.807, 2.05) is 26.0 Å². The van der Waals surface area contributed by atoms with Crippen molar-refractivity contribution >= 4 is 5.91 Å². The molecule has 0 radical (unpaired) electrons. The number of carbonyl (C=O) groups is 1. The lowest BCUT2D eigenvalue weighted by molar-refractivity contribution is -0.131. The third-order valence-corrected chi connectivity index (χ3v) is 3.74. The van der Waals surface area contributed by atoms with Crippen molar-refractivity contribution < 1.29 is 4.79 Å². The Bertz CT molecular complexity index is 464. The van der Waals surface area contributed by atoms with Crippen molar-refractivity contribution in [3.63, 3.8) is 0 Å². The van der Waals surface area contributed by atoms with Gasteiger partial charge in [0.1, 0.15) is 0 Å². The predicted octanol–water partition coefficient (Wildman–Crippen LogP) is 1.94. The number of nitrogens with one attached hydrogen (secondary N) is 1. The lowest BCUT2D eigenvalue weighted by Gasteiger charge is -2.28. The highest BCUT2D eigenvalue weighted by atomic mass is 16.2. The second kappa shape index (κ2) is 6.91. The summed E-state index contributed by atoms with van der Waals surface area (Å²) in [5, 5.41) is 11.7. The zero-order valence-electron chi connectivity index (χ0n) is 11.6. The van der Waals surface area contributed by atoms with Crippen LogP contribution in [0.25, 0.3) is 0 Å². The fraction of sp³-hybridized carbons (Fsp3) is 0.467. The van der Waals surface area contributed by atoms with Crippen LogP contribution in [0.1, 0.15) is 37.8 Å². The van der Waals surface area contributed by atoms with Crippen LogP contribution in [0.4, 0.5) is 0 Å². The summed E-state index contributed by atoms with van der Waals surface area (Å²) in [6.45, 7) is 4.73. The predicted molar refractivity (Wildman–Crippen MR) is 75.1 cm³/mol. The van der Waals surface area contributed by atoms with E-state index in [2.05, 4.69) is 11.4 Å². The zero-order chi connectivity index (χ0) is 14.3. The molecule has 0 aliphatic rings. The van der Waals surface area contributed by atoms with Crippen LogP contribution in [0.15, 0.2) is 24.3 Å². The van der Waals surface area contributed by atoms with Gasteiger partial charge in [-0.3, -0.25) is 4.79 Å². The average molecular weight is 259 g/mol. The lowest BCUT2D eigenvalue weighted by Crippen LogP contribution is -2.45. The van der Waals surface area contributed by atoms with Crippen molar-refractivity contribution in [1.82, 2.24) is 5.32 Å². The number of hydrogen-bond donors (Lipinski definition) is 2. The molecule has 1 rings (SSSR count). The molecule has 1 amide bonds. The minimum Gasteiger partial charge on any atom is -0.352 e. The number of hydrogen-bond acceptors (Lipinski definition) is 3. The summed E-state index contributed by atoms with van der Waals surface area (Å²) in [7, 11) is 0. The molecule has 0 unspecified atom stereocenters. The van der Waals surface area contributed by atoms with E-state index in [1.165, 1.54) is 0 Å². The van der Waals surface area contributed by atoms with Crippen molar-refractivity contribution in [2.45, 2.75) is 33.2 Å². The van der Waals surface area contributed by atoms with Gasteiger partial charge in [0.15, 0.2) is 0 Å². The highest BCUT2D eigenvalue weighted by molar-refractivity contribution is 5.82. The third kappa shape index (κ3) is 3.55. The minimum atomic E-state index is -0.479. The monoisotopic (exact) mass is 259 g/mol. The molecule has 0 aliphatic carbocycles. The van der Waals surface area contributed by atoms with Gasteiger partial charge in [0.05, 0.1) is 17.0 Å². The van der Waals surface area contributed by atoms with Crippen LogP contribution >= 0.6 is 0 Å². The van der Waals surface area contributed by atoms with Gasteiger partial charge in [0, 0.05) is 13.1 Å². The van der Waals surface area contributed by atoms with Crippen molar-refractivity contribution in [1.29, 1.82) is 5.26 Å². The number of rotatable bonds is 6. The van der Waals surface area contributed by atoms with Crippen LogP contribution in [0.3, 0.4) is 0 Å². The highest BCUT2D eigenvalue weighted by Gasteiger charge is 2.32. The first kappa shape index (κ1) is 15.2. The molecule has 3 N–H and O–H groups in total. The largest absolute Gasteiger partial charge is 0.352 e. The van der Waals surface area contributed by atoms with Crippen LogP contribution < -0.4 is 11.1 Å². The molecule has 102 valence electrons. The number of benzene rings is 1. The molecule has 4 nitrogen and oxygen atoms in total. The Labute approximate surface area is 114 Å². The van der Waals surface area contributed by atoms with E-state index in [1.54, 1.807) is 12.1 Å². The Morgan fingerprint density at radius 3 is 2.63 bits per heavy atom. The van der Waals surface area contributed by atoms with Crippen LogP contribution in [0.2, 0.25) is 0 Å². The molecule has 0 spiro atoms. The van der Waals surface area contributed by atoms with Crippen LogP contribution in [0.5, 0.6) is 0 Å². The van der Waals surface area contributed by atoms with E-state index in [0.29, 0.717) is 18.7 Å². The number of amides is 1. The van der Waals surface area contributed by atoms with E-state index >= 15 is 0 Å². The molecule has 4 heteroatoms. The molecular formula is C15H21N3O. The van der Waals surface area contributed by atoms with Gasteiger partial charge in [0.25, 0.3) is 0 Å². The smallest absolute Gasteiger partial charge is 0.227 e. The van der Waals surface area contributed by atoms with Crippen LogP contribution in [-0.2, 0) is 11.3 Å². The first-order valence-electron chi connectivity index (χ1n) is 6.59. The Morgan fingerprint density at radius 1 is 1.42 bits per heavy atom. The fourth-order valence-electron chi connectivity index (χ4n) is 2.07. The maximum Gasteiger partial charge on any atom is 0.227 e. The molecule has 0 saturated carbocycles. The Hall–Kier alpha value is -1.86. The van der Waals surface area contributed by atoms with Gasteiger partial charge in [-0.15, -0.1) is 0 Å². The molecular weight excluding hydrogens is 238 g/mol. The molecule has 1 aromatic carbocycles. The van der Waals surface area contributed by atoms with Crippen LogP contribution in [0, 0.1) is 16.7 Å². The Morgan fingerprint density at radius 2 is 2.11 bits per heavy atom. The number of nitrogens with two attached hydrogens (primary N) is 1. The molecule has 0 aliphatic heterocycles. The van der Waals surface area contributed by atoms with Gasteiger partial charge in [-0.25, -0.2) is 0 Å². The van der Waals surface area contributed by atoms with Crippen molar-refractivity contribution in [3.05, 3.63) is 35.4 Å². The second-order valence-electron chi connectivity index (χ2n) is 4.69. The average Bonchev–Trinajstić information content (AvgIpc) is 2.47. The molecule has 0 bridgehead atoms. The summed E-state index contributed by atoms with van der Waals surface area (Å²) >= 11 is 0. The molecule has 0 saturated heterocycles. The maximum atomic E-state index is 12.2. The van der Waals surface area contributed by atoms with Crippen molar-refractivity contribution in [2.24, 2.45) is 11.1 Å². The Kier molecular flexibility index (Phi) is 5.53. The van der Waals surface area contributed by atoms with E-state index in [4.69, 9.17) is 11.0 Å². The van der Waals surface area contributed by atoms with Gasteiger partial charge in [0.2, 0.25) is 5.91 Å². The SMILES string of the molecule is CCC(CC)(CN)C(=O)NCc1cccc(C#N)c1. The number of nitrogens with zero attached hydrogens (tertiary/aromatic N) is 1. The topological polar surface area (TPSA) is 78.9 Å². The van der Waals surface area contributed by atoms with Gasteiger partial charge < -0.3 is 11.1 Å². The van der Waals surface area contributed by atoms with E-state index in [9.17, 15) is 4.79 Å². The third-order valence-electron chi connectivity index (χ3n) is 3.74. The fourth-order valence-corrected chi connectivity index (χ4v) is 2.07. The first-order valence-corrected chi connectivity index (χ1v) is 6.59. The van der Waals surface area contributed by atoms with Gasteiger partial charge >= 0.3 is 0 Å². The molecule has 0 atom stereocenters. The summed E-state index contributed by atoms with van der Waals surface area (Å²) in [4.78, 5) is 12.2. The van der Waals surface area contributed by atoms with Gasteiger partial charge in [-0.05, 0) is 30.5 Å². The maximum absolute atomic E-state index is 12.2. The molecule has 0 heterocycles. The van der Waals surface area contributed by atoms with E-state index in [0.717, 1.165) is 18.4 Å². The van der Waals surface area contributed by atoms with Gasteiger partial charge in [-0.2, -0.15) is 5.26 Å². The van der Waals surface area contributed by atoms with Crippen LogP contribution in [-0.4, -0.2) is 12.5 Å². The minimum absolute atomic E-state index is 0.0117. The molecule has 19 heavy (non-hydrogen) atoms. The van der Waals surface area contributed by atoms with Gasteiger partial charge in [-0.1, -0.05) is 26.0 Å². The van der Waals surface area contributed by atoms with Crippen molar-refractivity contribution in [3.8, 4) is 6.07 Å². The summed E-state index contributed by atoms with van der Waals surface area (Å²) in [5.41, 5.74) is 6.78. The van der Waals surface area contributed by atoms with E-state index in [-0.39, 0.29) is 5.91 Å². The molecule has 0 fully saturated rings. The summed E-state index contributed by atoms with van der Waals surface area (Å²) in [6, 6.07) is 9.32. The first-order chi connectivity index (χ1) is 9.11. The summed E-state index contributed by atoms with van der Waals surface area (Å²) < 4.78 is 0. The Balaban J connectivity index is 2.70. The standard InChI is InChI=1S/C15H21N3O/c1-3-15(4-2,11-17)14(19)18-10-13-7-5-6-12(8-13)9-16/h5-8H,3-4,10-11,17H2,1-2H3,(H,18,19). The lowest BCUT2D eigenvalue weighted by atomic mass is 9.81. The summed E-state index contributed by atoms with van der Waals surface area (Å²) in [6.07, 6.45) is 1.45. The zero-order valence-corrected chi connectivity index (χ0v) is 11.6. The summed E-state index contributed by atoms with van der Waals surface area (Å²) in [5.74, 6) is -0.0117. The number of nitriles is 1. The molecule has 0 aromatic heterocycles. The number of carbonyl (C=O) groups excluding carboxylic acids is 1. The van der Waals surface area contributed by atoms with E-state index < -0.39 is 5.41 Å². The molecule has 1 aromatic rings. The van der Waals surface area contributed by atoms with Crippen molar-refractivity contribution in [2.75, 3.05) is 6.54 Å².